The van der Waals surface area contributed by atoms with Gasteiger partial charge in [0.2, 0.25) is 0 Å². The van der Waals surface area contributed by atoms with Gasteiger partial charge in [0.15, 0.2) is 11.9 Å². The van der Waals surface area contributed by atoms with Crippen molar-refractivity contribution in [3.05, 3.63) is 23.3 Å². The van der Waals surface area contributed by atoms with Gasteiger partial charge in [0.1, 0.15) is 5.75 Å². The molecule has 1 aromatic carbocycles. The molecule has 3 N–H and O–H groups in total. The van der Waals surface area contributed by atoms with Gasteiger partial charge in [0.25, 0.3) is 0 Å². The molecule has 132 valence electrons. The maximum Gasteiger partial charge on any atom is 0.174 e. The normalized spacial score (nSPS) is 41.4. The number of aliphatic hydroxyl groups is 1. The molecule has 6 rings (SSSR count). The van der Waals surface area contributed by atoms with Crippen LogP contribution in [0.25, 0.3) is 0 Å². The van der Waals surface area contributed by atoms with Crippen molar-refractivity contribution in [2.24, 2.45) is 5.92 Å². The molecule has 5 nitrogen and oxygen atoms in total. The van der Waals surface area contributed by atoms with E-state index in [1.54, 1.807) is 0 Å². The summed E-state index contributed by atoms with van der Waals surface area (Å²) >= 11 is 0. The van der Waals surface area contributed by atoms with Crippen LogP contribution in [-0.4, -0.2) is 46.6 Å². The highest BCUT2D eigenvalue weighted by Gasteiger charge is 2.73. The number of hydrogen-bond donors (Lipinski definition) is 2. The molecule has 1 spiro atoms. The second-order valence-electron chi connectivity index (χ2n) is 8.79. The average Bonchev–Trinajstić information content (AvgIpc) is 3.32. The summed E-state index contributed by atoms with van der Waals surface area (Å²) in [4.78, 5) is 15.3. The van der Waals surface area contributed by atoms with Crippen LogP contribution < -0.4 is 10.5 Å². The van der Waals surface area contributed by atoms with E-state index in [9.17, 15) is 9.90 Å². The molecule has 3 aliphatic carbocycles. The minimum atomic E-state index is -0.884. The fourth-order valence-corrected chi connectivity index (χ4v) is 6.30. The molecule has 5 heteroatoms. The molecule has 4 atom stereocenters. The third kappa shape index (κ3) is 1.56. The second kappa shape index (κ2) is 4.38. The van der Waals surface area contributed by atoms with Crippen LogP contribution in [-0.2, 0) is 16.6 Å². The van der Waals surface area contributed by atoms with Gasteiger partial charge >= 0.3 is 0 Å². The fourth-order valence-electron chi connectivity index (χ4n) is 6.30. The van der Waals surface area contributed by atoms with E-state index in [1.165, 1.54) is 18.4 Å². The average molecular weight is 340 g/mol. The van der Waals surface area contributed by atoms with Crippen LogP contribution >= 0.6 is 0 Å². The molecule has 0 radical (unpaired) electrons. The number of ketones is 1. The van der Waals surface area contributed by atoms with Crippen molar-refractivity contribution in [2.75, 3.05) is 18.8 Å². The van der Waals surface area contributed by atoms with Gasteiger partial charge in [-0.25, -0.2) is 0 Å². The standard InChI is InChI=1S/C20H24N2O3/c21-13-4-3-12-9-15-20(24)6-5-14(23)18-19(20,16(12)17(13)25-18)7-8-22(15)10-11-1-2-11/h3-4,11,15,18,24H,1-2,5-10,21H2/t15-,18?,19+,20-/m1/s1. The first-order chi connectivity index (χ1) is 12.0. The van der Waals surface area contributed by atoms with Crippen molar-refractivity contribution < 1.29 is 14.6 Å². The zero-order valence-corrected chi connectivity index (χ0v) is 14.3. The Kier molecular flexibility index (Phi) is 2.55. The van der Waals surface area contributed by atoms with Gasteiger partial charge in [-0.15, -0.1) is 0 Å². The van der Waals surface area contributed by atoms with Crippen LogP contribution in [0.5, 0.6) is 5.75 Å². The van der Waals surface area contributed by atoms with E-state index in [0.717, 1.165) is 37.4 Å². The summed E-state index contributed by atoms with van der Waals surface area (Å²) in [6.45, 7) is 2.02. The quantitative estimate of drug-likeness (QED) is 0.796. The Hall–Kier alpha value is -1.59. The third-order valence-corrected chi connectivity index (χ3v) is 7.61. The smallest absolute Gasteiger partial charge is 0.174 e. The highest BCUT2D eigenvalue weighted by molar-refractivity contribution is 5.90. The first-order valence-corrected chi connectivity index (χ1v) is 9.62. The summed E-state index contributed by atoms with van der Waals surface area (Å²) in [5.74, 6) is 1.59. The van der Waals surface area contributed by atoms with E-state index in [-0.39, 0.29) is 11.8 Å². The summed E-state index contributed by atoms with van der Waals surface area (Å²) in [5.41, 5.74) is 7.58. The number of Topliss-reactive ketones (excluding diaryl/α,β-unsaturated/α-hetero) is 1. The molecule has 1 aromatic rings. The molecular weight excluding hydrogens is 316 g/mol. The molecule has 0 aromatic heterocycles. The van der Waals surface area contributed by atoms with Gasteiger partial charge in [-0.05, 0) is 56.2 Å². The van der Waals surface area contributed by atoms with Crippen molar-refractivity contribution in [3.8, 4) is 5.75 Å². The number of ether oxygens (including phenoxy) is 1. The zero-order valence-electron chi connectivity index (χ0n) is 14.3. The molecule has 2 bridgehead atoms. The van der Waals surface area contributed by atoms with Gasteiger partial charge in [-0.1, -0.05) is 6.07 Å². The summed E-state index contributed by atoms with van der Waals surface area (Å²) in [5, 5.41) is 12.0. The van der Waals surface area contributed by atoms with Gasteiger partial charge in [0, 0.05) is 24.6 Å². The minimum Gasteiger partial charge on any atom is -0.479 e. The van der Waals surface area contributed by atoms with E-state index in [4.69, 9.17) is 10.5 Å². The molecule has 1 unspecified atom stereocenters. The van der Waals surface area contributed by atoms with Crippen molar-refractivity contribution in [1.82, 2.24) is 4.90 Å². The number of carbonyl (C=O) groups excluding carboxylic acids is 1. The number of benzene rings is 1. The Morgan fingerprint density at radius 2 is 2.16 bits per heavy atom. The van der Waals surface area contributed by atoms with Crippen molar-refractivity contribution in [3.63, 3.8) is 0 Å². The number of nitrogens with two attached hydrogens (primary N) is 1. The number of piperidine rings is 1. The van der Waals surface area contributed by atoms with E-state index in [2.05, 4.69) is 11.0 Å². The predicted molar refractivity (Wildman–Crippen MR) is 92.5 cm³/mol. The first kappa shape index (κ1) is 14.6. The van der Waals surface area contributed by atoms with Crippen molar-refractivity contribution in [1.29, 1.82) is 0 Å². The lowest BCUT2D eigenvalue weighted by Gasteiger charge is -2.62. The summed E-state index contributed by atoms with van der Waals surface area (Å²) in [7, 11) is 0. The van der Waals surface area contributed by atoms with Gasteiger partial charge in [0.05, 0.1) is 16.7 Å². The predicted octanol–water partition coefficient (Wildman–Crippen LogP) is 1.40. The second-order valence-corrected chi connectivity index (χ2v) is 8.79. The monoisotopic (exact) mass is 340 g/mol. The zero-order chi connectivity index (χ0) is 17.0. The summed E-state index contributed by atoms with van der Waals surface area (Å²) in [6, 6.07) is 4.08. The van der Waals surface area contributed by atoms with E-state index >= 15 is 0 Å². The SMILES string of the molecule is Nc1ccc2c3c1OC1C(=O)CC[C@@]4(O)[C@@H](C2)N(CC2CC2)CC[C@]314. The Labute approximate surface area is 147 Å². The highest BCUT2D eigenvalue weighted by Crippen LogP contribution is 2.64. The number of hydrogen-bond acceptors (Lipinski definition) is 5. The maximum atomic E-state index is 12.8. The van der Waals surface area contributed by atoms with Crippen molar-refractivity contribution in [2.45, 2.75) is 61.7 Å². The third-order valence-electron chi connectivity index (χ3n) is 7.61. The molecule has 2 aliphatic heterocycles. The number of nitrogens with zero attached hydrogens (tertiary/aromatic N) is 1. The largest absolute Gasteiger partial charge is 0.479 e. The van der Waals surface area contributed by atoms with Gasteiger partial charge in [-0.2, -0.15) is 0 Å². The molecule has 1 saturated heterocycles. The number of anilines is 1. The number of rotatable bonds is 2. The highest BCUT2D eigenvalue weighted by atomic mass is 16.5. The molecular formula is C20H24N2O3. The van der Waals surface area contributed by atoms with Crippen LogP contribution in [0.15, 0.2) is 12.1 Å². The Bertz CT molecular complexity index is 804. The molecule has 2 heterocycles. The fraction of sp³-hybridized carbons (Fsp3) is 0.650. The van der Waals surface area contributed by atoms with Crippen LogP contribution in [0.3, 0.4) is 0 Å². The van der Waals surface area contributed by atoms with Gasteiger partial charge < -0.3 is 15.6 Å². The summed E-state index contributed by atoms with van der Waals surface area (Å²) < 4.78 is 6.16. The van der Waals surface area contributed by atoms with Gasteiger partial charge in [-0.3, -0.25) is 9.69 Å². The van der Waals surface area contributed by atoms with Crippen LogP contribution in [0.2, 0.25) is 0 Å². The van der Waals surface area contributed by atoms with E-state index in [1.807, 2.05) is 6.07 Å². The summed E-state index contributed by atoms with van der Waals surface area (Å²) in [6.07, 6.45) is 4.63. The molecule has 3 fully saturated rings. The lowest BCUT2D eigenvalue weighted by atomic mass is 9.49. The minimum absolute atomic E-state index is 0.0862. The first-order valence-electron chi connectivity index (χ1n) is 9.62. The number of nitrogen functional groups attached to an aromatic ring is 1. The Morgan fingerprint density at radius 3 is 2.96 bits per heavy atom. The molecule has 5 aliphatic rings. The number of carbonyl (C=O) groups is 1. The molecule has 25 heavy (non-hydrogen) atoms. The van der Waals surface area contributed by atoms with Crippen LogP contribution in [0.4, 0.5) is 5.69 Å². The van der Waals surface area contributed by atoms with E-state index in [0.29, 0.717) is 24.3 Å². The lowest BCUT2D eigenvalue weighted by Crippen LogP contribution is -2.76. The lowest BCUT2D eigenvalue weighted by molar-refractivity contribution is -0.188. The topological polar surface area (TPSA) is 75.8 Å². The van der Waals surface area contributed by atoms with Crippen LogP contribution in [0.1, 0.15) is 43.2 Å². The number of likely N-dealkylation sites (tertiary alicyclic amines) is 1. The van der Waals surface area contributed by atoms with Crippen molar-refractivity contribution >= 4 is 11.5 Å². The Morgan fingerprint density at radius 1 is 1.32 bits per heavy atom. The van der Waals surface area contributed by atoms with E-state index < -0.39 is 17.1 Å². The van der Waals surface area contributed by atoms with Crippen LogP contribution in [0, 0.1) is 5.92 Å². The maximum absolute atomic E-state index is 12.8. The molecule has 0 amide bonds. The molecule has 2 saturated carbocycles. The Balaban J connectivity index is 1.58.